The number of aliphatic hydroxyl groups excluding tert-OH is 2. The van der Waals surface area contributed by atoms with Crippen LogP contribution in [0.1, 0.15) is 49.7 Å². The van der Waals surface area contributed by atoms with E-state index in [1.54, 1.807) is 6.07 Å². The molecule has 0 aromatic heterocycles. The summed E-state index contributed by atoms with van der Waals surface area (Å²) < 4.78 is 33.4. The lowest BCUT2D eigenvalue weighted by Crippen LogP contribution is -2.45. The average Bonchev–Trinajstić information content (AvgIpc) is 2.76. The standard InChI is InChI=1S/C18H24O6S/c1-18-5-4-12-11(13(18)8-14(20)17(18)21)3-2-9-6-10(19)7-15(16(9)12)25(22,23)24/h6-7,11-14,17,19-21H,2-5,8H2,1H3,(H,22,23,24)/t11-,12+,13+,14-,17+,18+/m1/s1. The molecule has 0 bridgehead atoms. The third-order valence-electron chi connectivity index (χ3n) is 7.02. The monoisotopic (exact) mass is 368 g/mol. The van der Waals surface area contributed by atoms with E-state index >= 15 is 0 Å². The van der Waals surface area contributed by atoms with Gasteiger partial charge in [0.1, 0.15) is 10.6 Å². The Balaban J connectivity index is 1.82. The normalized spacial score (nSPS) is 40.2. The van der Waals surface area contributed by atoms with Gasteiger partial charge in [0.2, 0.25) is 0 Å². The minimum absolute atomic E-state index is 0.0446. The van der Waals surface area contributed by atoms with Crippen molar-refractivity contribution >= 4 is 10.1 Å². The number of aryl methyl sites for hydroxylation is 1. The number of phenolic OH excluding ortho intramolecular Hbond substituents is 1. The van der Waals surface area contributed by atoms with Crippen molar-refractivity contribution in [3.8, 4) is 5.75 Å². The van der Waals surface area contributed by atoms with E-state index < -0.39 is 22.3 Å². The van der Waals surface area contributed by atoms with Crippen LogP contribution in [0, 0.1) is 17.3 Å². The molecule has 7 heteroatoms. The van der Waals surface area contributed by atoms with Gasteiger partial charge in [-0.3, -0.25) is 4.55 Å². The maximum atomic E-state index is 11.9. The third kappa shape index (κ3) is 2.44. The quantitative estimate of drug-likeness (QED) is 0.562. The first-order valence-electron chi connectivity index (χ1n) is 8.82. The summed E-state index contributed by atoms with van der Waals surface area (Å²) in [6.45, 7) is 2.02. The number of hydrogen-bond acceptors (Lipinski definition) is 5. The molecule has 4 rings (SSSR count). The van der Waals surface area contributed by atoms with Crippen molar-refractivity contribution in [2.45, 2.75) is 62.0 Å². The summed E-state index contributed by atoms with van der Waals surface area (Å²) in [5.74, 6) is 0.0737. The SMILES string of the molecule is C[C@]12CC[C@@H]3c4c(cc(O)cc4S(=O)(=O)O)CC[C@H]3[C@@H]1C[C@@H](O)[C@@H]2O. The Hall–Kier alpha value is -1.15. The average molecular weight is 368 g/mol. The van der Waals surface area contributed by atoms with Crippen molar-refractivity contribution < 1.29 is 28.3 Å². The molecule has 0 radical (unpaired) electrons. The summed E-state index contributed by atoms with van der Waals surface area (Å²) in [6.07, 6.45) is 1.87. The van der Waals surface area contributed by atoms with Crippen molar-refractivity contribution in [3.05, 3.63) is 23.3 Å². The van der Waals surface area contributed by atoms with Crippen LogP contribution in [0.25, 0.3) is 0 Å². The van der Waals surface area contributed by atoms with E-state index in [0.29, 0.717) is 31.2 Å². The molecule has 0 aliphatic heterocycles. The third-order valence-corrected chi connectivity index (χ3v) is 7.91. The molecule has 2 fully saturated rings. The van der Waals surface area contributed by atoms with Gasteiger partial charge < -0.3 is 15.3 Å². The number of aliphatic hydroxyl groups is 2. The van der Waals surface area contributed by atoms with E-state index in [2.05, 4.69) is 0 Å². The zero-order chi connectivity index (χ0) is 18.1. The number of aromatic hydroxyl groups is 1. The molecule has 0 amide bonds. The first kappa shape index (κ1) is 17.3. The van der Waals surface area contributed by atoms with Crippen LogP contribution in [-0.2, 0) is 16.5 Å². The zero-order valence-electron chi connectivity index (χ0n) is 14.1. The molecule has 138 valence electrons. The predicted octanol–water partition coefficient (Wildman–Crippen LogP) is 1.83. The van der Waals surface area contributed by atoms with Crippen molar-refractivity contribution in [1.29, 1.82) is 0 Å². The maximum Gasteiger partial charge on any atom is 0.294 e. The Labute approximate surface area is 147 Å². The molecule has 6 nitrogen and oxygen atoms in total. The summed E-state index contributed by atoms with van der Waals surface area (Å²) in [6, 6.07) is 2.72. The fraction of sp³-hybridized carbons (Fsp3) is 0.667. The summed E-state index contributed by atoms with van der Waals surface area (Å²) in [5, 5.41) is 30.5. The topological polar surface area (TPSA) is 115 Å². The number of hydrogen-bond donors (Lipinski definition) is 4. The Morgan fingerprint density at radius 1 is 1.20 bits per heavy atom. The maximum absolute atomic E-state index is 11.9. The van der Waals surface area contributed by atoms with Gasteiger partial charge in [-0.05, 0) is 72.5 Å². The fourth-order valence-electron chi connectivity index (χ4n) is 5.87. The van der Waals surface area contributed by atoms with Gasteiger partial charge in [-0.1, -0.05) is 6.92 Å². The lowest BCUT2D eigenvalue weighted by atomic mass is 9.55. The molecule has 4 N–H and O–H groups in total. The molecule has 3 aliphatic carbocycles. The molecule has 3 aliphatic rings. The molecule has 1 aromatic rings. The van der Waals surface area contributed by atoms with Gasteiger partial charge in [-0.2, -0.15) is 8.42 Å². The lowest BCUT2D eigenvalue weighted by Gasteiger charge is -2.50. The molecule has 2 saturated carbocycles. The van der Waals surface area contributed by atoms with Crippen LogP contribution < -0.4 is 0 Å². The smallest absolute Gasteiger partial charge is 0.294 e. The highest BCUT2D eigenvalue weighted by atomic mass is 32.2. The predicted molar refractivity (Wildman–Crippen MR) is 89.9 cm³/mol. The minimum Gasteiger partial charge on any atom is -0.508 e. The van der Waals surface area contributed by atoms with Gasteiger partial charge in [0, 0.05) is 6.07 Å². The molecule has 0 spiro atoms. The minimum atomic E-state index is -4.43. The van der Waals surface area contributed by atoms with Crippen LogP contribution in [0.3, 0.4) is 0 Å². The van der Waals surface area contributed by atoms with E-state index in [-0.39, 0.29) is 33.8 Å². The molecule has 25 heavy (non-hydrogen) atoms. The van der Waals surface area contributed by atoms with E-state index in [1.165, 1.54) is 0 Å². The number of rotatable bonds is 1. The molecule has 1 aromatic carbocycles. The van der Waals surface area contributed by atoms with E-state index in [4.69, 9.17) is 0 Å². The molecule has 0 unspecified atom stereocenters. The summed E-state index contributed by atoms with van der Waals surface area (Å²) in [7, 11) is -4.43. The number of phenols is 1. The summed E-state index contributed by atoms with van der Waals surface area (Å²) in [5.41, 5.74) is 1.04. The molecule has 0 heterocycles. The van der Waals surface area contributed by atoms with Crippen molar-refractivity contribution in [2.24, 2.45) is 17.3 Å². The van der Waals surface area contributed by atoms with Gasteiger partial charge in [0.05, 0.1) is 12.2 Å². The second kappa shape index (κ2) is 5.42. The van der Waals surface area contributed by atoms with Gasteiger partial charge in [-0.15, -0.1) is 0 Å². The summed E-state index contributed by atoms with van der Waals surface area (Å²) >= 11 is 0. The van der Waals surface area contributed by atoms with Crippen molar-refractivity contribution in [1.82, 2.24) is 0 Å². The Kier molecular flexibility index (Phi) is 3.75. The summed E-state index contributed by atoms with van der Waals surface area (Å²) in [4.78, 5) is -0.195. The van der Waals surface area contributed by atoms with Crippen LogP contribution in [0.15, 0.2) is 17.0 Å². The molecule has 6 atom stereocenters. The van der Waals surface area contributed by atoms with Crippen molar-refractivity contribution in [3.63, 3.8) is 0 Å². The van der Waals surface area contributed by atoms with E-state index in [0.717, 1.165) is 18.1 Å². The molecular weight excluding hydrogens is 344 g/mol. The van der Waals surface area contributed by atoms with Gasteiger partial charge in [0.15, 0.2) is 0 Å². The first-order valence-corrected chi connectivity index (χ1v) is 10.3. The van der Waals surface area contributed by atoms with Crippen LogP contribution in [0.5, 0.6) is 5.75 Å². The second-order valence-corrected chi connectivity index (χ2v) is 9.59. The first-order chi connectivity index (χ1) is 11.6. The highest BCUT2D eigenvalue weighted by Gasteiger charge is 2.58. The van der Waals surface area contributed by atoms with Gasteiger partial charge in [0.25, 0.3) is 10.1 Å². The molecule has 0 saturated heterocycles. The fourth-order valence-corrected chi connectivity index (χ4v) is 6.70. The Morgan fingerprint density at radius 3 is 2.60 bits per heavy atom. The highest BCUT2D eigenvalue weighted by molar-refractivity contribution is 7.85. The second-order valence-electron chi connectivity index (χ2n) is 8.20. The Bertz CT molecular complexity index is 819. The van der Waals surface area contributed by atoms with Crippen molar-refractivity contribution in [2.75, 3.05) is 0 Å². The molecular formula is C18H24O6S. The van der Waals surface area contributed by atoms with E-state index in [1.807, 2.05) is 6.92 Å². The van der Waals surface area contributed by atoms with E-state index in [9.17, 15) is 28.3 Å². The lowest BCUT2D eigenvalue weighted by molar-refractivity contribution is -0.0507. The van der Waals surface area contributed by atoms with Crippen LogP contribution in [0.4, 0.5) is 0 Å². The Morgan fingerprint density at radius 2 is 1.92 bits per heavy atom. The van der Waals surface area contributed by atoms with Crippen LogP contribution in [-0.4, -0.2) is 40.5 Å². The van der Waals surface area contributed by atoms with Gasteiger partial charge >= 0.3 is 0 Å². The zero-order valence-corrected chi connectivity index (χ0v) is 14.9. The van der Waals surface area contributed by atoms with Crippen LogP contribution >= 0.6 is 0 Å². The highest BCUT2D eigenvalue weighted by Crippen LogP contribution is 2.61. The largest absolute Gasteiger partial charge is 0.508 e. The van der Waals surface area contributed by atoms with Crippen LogP contribution in [0.2, 0.25) is 0 Å². The number of benzene rings is 1. The number of fused-ring (bicyclic) bond motifs is 5. The van der Waals surface area contributed by atoms with Gasteiger partial charge in [-0.25, -0.2) is 0 Å².